The summed E-state index contributed by atoms with van der Waals surface area (Å²) in [5.41, 5.74) is 5.80. The molecule has 2 saturated heterocycles. The zero-order valence-corrected chi connectivity index (χ0v) is 11.2. The molecule has 0 unspecified atom stereocenters. The minimum Gasteiger partial charge on any atom is -0.328 e. The van der Waals surface area contributed by atoms with Crippen molar-refractivity contribution >= 4 is 10.2 Å². The van der Waals surface area contributed by atoms with Gasteiger partial charge in [-0.3, -0.25) is 0 Å². The van der Waals surface area contributed by atoms with Crippen molar-refractivity contribution in [2.45, 2.75) is 18.9 Å². The van der Waals surface area contributed by atoms with E-state index in [1.807, 2.05) is 7.05 Å². The third kappa shape index (κ3) is 2.97. The van der Waals surface area contributed by atoms with Crippen LogP contribution in [-0.4, -0.2) is 74.3 Å². The van der Waals surface area contributed by atoms with Gasteiger partial charge in [0.2, 0.25) is 0 Å². The predicted molar refractivity (Wildman–Crippen MR) is 66.8 cm³/mol. The second-order valence-corrected chi connectivity index (χ2v) is 6.88. The van der Waals surface area contributed by atoms with Crippen molar-refractivity contribution in [3.8, 4) is 0 Å². The lowest BCUT2D eigenvalue weighted by Gasteiger charge is -2.37. The molecule has 2 aliphatic rings. The van der Waals surface area contributed by atoms with Crippen LogP contribution < -0.4 is 5.73 Å². The molecule has 2 fully saturated rings. The third-order valence-corrected chi connectivity index (χ3v) is 5.65. The van der Waals surface area contributed by atoms with E-state index in [9.17, 15) is 8.42 Å². The van der Waals surface area contributed by atoms with Gasteiger partial charge in [-0.1, -0.05) is 0 Å². The van der Waals surface area contributed by atoms with Gasteiger partial charge >= 0.3 is 0 Å². The van der Waals surface area contributed by atoms with E-state index in [0.29, 0.717) is 26.2 Å². The molecule has 2 N–H and O–H groups in total. The Bertz CT molecular complexity index is 315. The lowest BCUT2D eigenvalue weighted by atomic mass is 10.1. The van der Waals surface area contributed by atoms with Gasteiger partial charge in [0.15, 0.2) is 0 Å². The van der Waals surface area contributed by atoms with Gasteiger partial charge in [0.1, 0.15) is 0 Å². The molecule has 0 radical (unpaired) electrons. The van der Waals surface area contributed by atoms with Crippen LogP contribution in [-0.2, 0) is 10.2 Å². The van der Waals surface area contributed by atoms with Crippen LogP contribution in [0.3, 0.4) is 0 Å². The molecule has 6 nitrogen and oxygen atoms in total. The Morgan fingerprint density at radius 2 is 1.41 bits per heavy atom. The third-order valence-electron chi connectivity index (χ3n) is 3.61. The first kappa shape index (κ1) is 13.2. The van der Waals surface area contributed by atoms with Gasteiger partial charge in [0, 0.05) is 45.3 Å². The van der Waals surface area contributed by atoms with Crippen LogP contribution in [0.15, 0.2) is 0 Å². The highest BCUT2D eigenvalue weighted by molar-refractivity contribution is 7.86. The van der Waals surface area contributed by atoms with Crippen LogP contribution >= 0.6 is 0 Å². The van der Waals surface area contributed by atoms with E-state index in [1.165, 1.54) is 0 Å². The van der Waals surface area contributed by atoms with Crippen molar-refractivity contribution in [1.29, 1.82) is 0 Å². The summed E-state index contributed by atoms with van der Waals surface area (Å²) in [4.78, 5) is 2.15. The standard InChI is InChI=1S/C10H22N4O2S/c1-12-6-8-14(9-7-12)17(15,16)13-4-2-10(11)3-5-13/h10H,2-9,11H2,1H3. The minimum absolute atomic E-state index is 0.161. The van der Waals surface area contributed by atoms with Crippen molar-refractivity contribution in [2.75, 3.05) is 46.3 Å². The highest BCUT2D eigenvalue weighted by atomic mass is 32.2. The highest BCUT2D eigenvalue weighted by Gasteiger charge is 2.33. The van der Waals surface area contributed by atoms with E-state index >= 15 is 0 Å². The van der Waals surface area contributed by atoms with Gasteiger partial charge in [0.05, 0.1) is 0 Å². The van der Waals surface area contributed by atoms with Crippen LogP contribution in [0.1, 0.15) is 12.8 Å². The maximum Gasteiger partial charge on any atom is 0.282 e. The number of rotatable bonds is 2. The first-order chi connectivity index (χ1) is 8.00. The van der Waals surface area contributed by atoms with Gasteiger partial charge in [-0.05, 0) is 19.9 Å². The largest absolute Gasteiger partial charge is 0.328 e. The van der Waals surface area contributed by atoms with Crippen molar-refractivity contribution < 1.29 is 8.42 Å². The average Bonchev–Trinajstić information content (AvgIpc) is 2.30. The Labute approximate surface area is 104 Å². The fourth-order valence-corrected chi connectivity index (χ4v) is 3.91. The lowest BCUT2D eigenvalue weighted by molar-refractivity contribution is 0.206. The van der Waals surface area contributed by atoms with Gasteiger partial charge < -0.3 is 10.6 Å². The fraction of sp³-hybridized carbons (Fsp3) is 1.00. The summed E-state index contributed by atoms with van der Waals surface area (Å²) in [6.07, 6.45) is 1.54. The van der Waals surface area contributed by atoms with Crippen LogP contribution in [0.5, 0.6) is 0 Å². The average molecular weight is 262 g/mol. The van der Waals surface area contributed by atoms with E-state index in [4.69, 9.17) is 5.73 Å². The number of piperazine rings is 1. The quantitative estimate of drug-likeness (QED) is 0.686. The van der Waals surface area contributed by atoms with Crippen molar-refractivity contribution in [1.82, 2.24) is 13.5 Å². The summed E-state index contributed by atoms with van der Waals surface area (Å²) in [7, 11) is -1.23. The molecule has 0 aromatic carbocycles. The Morgan fingerprint density at radius 1 is 0.941 bits per heavy atom. The molecule has 0 bridgehead atoms. The van der Waals surface area contributed by atoms with Crippen LogP contribution in [0.2, 0.25) is 0 Å². The maximum atomic E-state index is 12.3. The molecule has 7 heteroatoms. The molecule has 0 aliphatic carbocycles. The predicted octanol–water partition coefficient (Wildman–Crippen LogP) is -1.10. The molecular weight excluding hydrogens is 240 g/mol. The van der Waals surface area contributed by atoms with Gasteiger partial charge in [-0.15, -0.1) is 0 Å². The Morgan fingerprint density at radius 3 is 1.94 bits per heavy atom. The van der Waals surface area contributed by atoms with E-state index in [0.717, 1.165) is 25.9 Å². The summed E-state index contributed by atoms with van der Waals surface area (Å²) in [5, 5.41) is 0. The maximum absolute atomic E-state index is 12.3. The normalized spacial score (nSPS) is 27.4. The first-order valence-electron chi connectivity index (χ1n) is 6.19. The zero-order chi connectivity index (χ0) is 12.5. The SMILES string of the molecule is CN1CCN(S(=O)(=O)N2CCC(N)CC2)CC1. The molecule has 0 aromatic rings. The van der Waals surface area contributed by atoms with Gasteiger partial charge in [-0.25, -0.2) is 0 Å². The summed E-state index contributed by atoms with van der Waals surface area (Å²) in [5.74, 6) is 0. The highest BCUT2D eigenvalue weighted by Crippen LogP contribution is 2.17. The summed E-state index contributed by atoms with van der Waals surface area (Å²) < 4.78 is 27.9. The molecule has 17 heavy (non-hydrogen) atoms. The smallest absolute Gasteiger partial charge is 0.282 e. The van der Waals surface area contributed by atoms with E-state index in [1.54, 1.807) is 8.61 Å². The van der Waals surface area contributed by atoms with Crippen molar-refractivity contribution in [3.63, 3.8) is 0 Å². The van der Waals surface area contributed by atoms with Gasteiger partial charge in [-0.2, -0.15) is 17.0 Å². The summed E-state index contributed by atoms with van der Waals surface area (Å²) in [6, 6.07) is 0.161. The second-order valence-electron chi connectivity index (χ2n) is 4.95. The van der Waals surface area contributed by atoms with Crippen molar-refractivity contribution in [3.05, 3.63) is 0 Å². The number of nitrogens with zero attached hydrogens (tertiary/aromatic N) is 3. The molecule has 0 spiro atoms. The van der Waals surface area contributed by atoms with E-state index in [-0.39, 0.29) is 6.04 Å². The van der Waals surface area contributed by atoms with Crippen LogP contribution in [0.4, 0.5) is 0 Å². The van der Waals surface area contributed by atoms with E-state index in [2.05, 4.69) is 4.90 Å². The number of hydrogen-bond donors (Lipinski definition) is 1. The molecule has 0 atom stereocenters. The molecule has 2 rings (SSSR count). The molecule has 2 aliphatic heterocycles. The first-order valence-corrected chi connectivity index (χ1v) is 7.59. The fourth-order valence-electron chi connectivity index (χ4n) is 2.29. The Hall–Kier alpha value is -0.210. The molecule has 0 saturated carbocycles. The minimum atomic E-state index is -3.25. The van der Waals surface area contributed by atoms with Gasteiger partial charge in [0.25, 0.3) is 10.2 Å². The number of hydrogen-bond acceptors (Lipinski definition) is 4. The summed E-state index contributed by atoms with van der Waals surface area (Å²) in [6.45, 7) is 3.95. The number of piperidine rings is 1. The van der Waals surface area contributed by atoms with Crippen molar-refractivity contribution in [2.24, 2.45) is 5.73 Å². The molecular formula is C10H22N4O2S. The number of likely N-dealkylation sites (N-methyl/N-ethyl adjacent to an activating group) is 1. The molecule has 2 heterocycles. The van der Waals surface area contributed by atoms with E-state index < -0.39 is 10.2 Å². The monoisotopic (exact) mass is 262 g/mol. The Kier molecular flexibility index (Phi) is 4.04. The van der Waals surface area contributed by atoms with Crippen LogP contribution in [0, 0.1) is 0 Å². The second kappa shape index (κ2) is 5.19. The molecule has 0 aromatic heterocycles. The summed E-state index contributed by atoms with van der Waals surface area (Å²) >= 11 is 0. The topological polar surface area (TPSA) is 69.9 Å². The Balaban J connectivity index is 1.98. The number of nitrogens with two attached hydrogens (primary N) is 1. The molecule has 0 amide bonds. The molecule has 100 valence electrons. The zero-order valence-electron chi connectivity index (χ0n) is 10.4. The van der Waals surface area contributed by atoms with Crippen LogP contribution in [0.25, 0.3) is 0 Å². The lowest BCUT2D eigenvalue weighted by Crippen LogP contribution is -2.54.